The summed E-state index contributed by atoms with van der Waals surface area (Å²) in [6.45, 7) is -0.0570. The van der Waals surface area contributed by atoms with Gasteiger partial charge >= 0.3 is 0 Å². The number of aromatic nitrogens is 3. The third kappa shape index (κ3) is 2.28. The van der Waals surface area contributed by atoms with E-state index in [1.54, 1.807) is 12.1 Å². The van der Waals surface area contributed by atoms with Crippen molar-refractivity contribution in [1.29, 1.82) is 0 Å². The molecule has 0 fully saturated rings. The Balaban J connectivity index is 1.90. The zero-order chi connectivity index (χ0) is 14.1. The van der Waals surface area contributed by atoms with E-state index in [-0.39, 0.29) is 35.9 Å². The molecule has 4 N–H and O–H groups in total. The molecule has 9 heteroatoms. The van der Waals surface area contributed by atoms with Gasteiger partial charge in [0.25, 0.3) is 5.91 Å². The molecular weight excluding hydrogens is 267 g/mol. The van der Waals surface area contributed by atoms with E-state index in [1.807, 2.05) is 0 Å². The lowest BCUT2D eigenvalue weighted by atomic mass is 10.3. The number of halogens is 1. The number of nitrogen functional groups attached to an aromatic ring is 1. The van der Waals surface area contributed by atoms with E-state index < -0.39 is 5.82 Å². The topological polar surface area (TPSA) is 115 Å². The van der Waals surface area contributed by atoms with Gasteiger partial charge in [0.15, 0.2) is 29.8 Å². The van der Waals surface area contributed by atoms with E-state index in [1.165, 1.54) is 0 Å². The van der Waals surface area contributed by atoms with Crippen LogP contribution in [0.3, 0.4) is 0 Å². The molecule has 0 saturated carbocycles. The zero-order valence-corrected chi connectivity index (χ0v) is 10.1. The van der Waals surface area contributed by atoms with Crippen LogP contribution >= 0.6 is 0 Å². The monoisotopic (exact) mass is 276 g/mol. The molecule has 2 aromatic heterocycles. The molecular formula is C11H9FN6O2. The molecule has 20 heavy (non-hydrogen) atoms. The van der Waals surface area contributed by atoms with Crippen LogP contribution in [-0.2, 0) is 4.79 Å². The molecule has 1 aliphatic rings. The fourth-order valence-corrected chi connectivity index (χ4v) is 1.62. The van der Waals surface area contributed by atoms with Gasteiger partial charge in [-0.1, -0.05) is 0 Å². The van der Waals surface area contributed by atoms with Gasteiger partial charge in [-0.15, -0.1) is 0 Å². The molecule has 0 saturated heterocycles. The highest BCUT2D eigenvalue weighted by Gasteiger charge is 2.18. The highest BCUT2D eigenvalue weighted by molar-refractivity contribution is 5.94. The third-order valence-corrected chi connectivity index (χ3v) is 2.48. The molecule has 8 nitrogen and oxygen atoms in total. The van der Waals surface area contributed by atoms with Crippen LogP contribution in [0.15, 0.2) is 18.3 Å². The second kappa shape index (κ2) is 4.61. The van der Waals surface area contributed by atoms with E-state index in [9.17, 15) is 9.18 Å². The molecule has 0 unspecified atom stereocenters. The Labute approximate surface area is 112 Å². The second-order valence-corrected chi connectivity index (χ2v) is 3.93. The maximum Gasteiger partial charge on any atom is 0.263 e. The summed E-state index contributed by atoms with van der Waals surface area (Å²) in [6, 6.07) is 3.17. The van der Waals surface area contributed by atoms with Crippen molar-refractivity contribution in [3.63, 3.8) is 0 Å². The third-order valence-electron chi connectivity index (χ3n) is 2.48. The van der Waals surface area contributed by atoms with Crippen LogP contribution in [0.25, 0.3) is 0 Å². The van der Waals surface area contributed by atoms with Crippen molar-refractivity contribution >= 4 is 29.3 Å². The van der Waals surface area contributed by atoms with Crippen LogP contribution in [-0.4, -0.2) is 27.5 Å². The standard InChI is InChI=1S/C11H9FN6O2/c12-5-3-14-11(13)18-9(5)15-7-2-1-6-10(16-7)17-8(19)4-20-6/h1-3H,4H2,(H4,13,14,15,16,17,18,19). The Morgan fingerprint density at radius 1 is 1.40 bits per heavy atom. The Morgan fingerprint density at radius 2 is 2.25 bits per heavy atom. The Kier molecular flexibility index (Phi) is 2.78. The molecule has 3 heterocycles. The number of nitrogens with one attached hydrogen (secondary N) is 2. The molecule has 0 aliphatic carbocycles. The van der Waals surface area contributed by atoms with Crippen molar-refractivity contribution in [2.45, 2.75) is 0 Å². The van der Waals surface area contributed by atoms with Gasteiger partial charge in [0, 0.05) is 0 Å². The zero-order valence-electron chi connectivity index (χ0n) is 10.1. The average molecular weight is 276 g/mol. The summed E-state index contributed by atoms with van der Waals surface area (Å²) >= 11 is 0. The summed E-state index contributed by atoms with van der Waals surface area (Å²) in [7, 11) is 0. The van der Waals surface area contributed by atoms with Crippen molar-refractivity contribution in [1.82, 2.24) is 15.0 Å². The van der Waals surface area contributed by atoms with Gasteiger partial charge in [0.2, 0.25) is 5.95 Å². The first-order chi connectivity index (χ1) is 9.61. The van der Waals surface area contributed by atoms with Gasteiger partial charge in [0.1, 0.15) is 5.82 Å². The predicted molar refractivity (Wildman–Crippen MR) is 68.0 cm³/mol. The Hall–Kier alpha value is -2.97. The molecule has 3 rings (SSSR count). The van der Waals surface area contributed by atoms with Gasteiger partial charge in [-0.2, -0.15) is 4.98 Å². The van der Waals surface area contributed by atoms with Crippen molar-refractivity contribution in [3.05, 3.63) is 24.1 Å². The summed E-state index contributed by atoms with van der Waals surface area (Å²) in [6.07, 6.45) is 0.952. The molecule has 0 bridgehead atoms. The number of nitrogens with zero attached hydrogens (tertiary/aromatic N) is 3. The number of anilines is 4. The van der Waals surface area contributed by atoms with Gasteiger partial charge in [-0.05, 0) is 12.1 Å². The molecule has 102 valence electrons. The fraction of sp³-hybridized carbons (Fsp3) is 0.0909. The number of hydrogen-bond donors (Lipinski definition) is 3. The lowest BCUT2D eigenvalue weighted by Gasteiger charge is -2.17. The van der Waals surface area contributed by atoms with Gasteiger partial charge in [-0.3, -0.25) is 4.79 Å². The van der Waals surface area contributed by atoms with Crippen molar-refractivity contribution in [2.24, 2.45) is 0 Å². The molecule has 0 aromatic carbocycles. The van der Waals surface area contributed by atoms with E-state index >= 15 is 0 Å². The Morgan fingerprint density at radius 3 is 3.10 bits per heavy atom. The van der Waals surface area contributed by atoms with E-state index in [0.717, 1.165) is 6.20 Å². The number of nitrogens with two attached hydrogens (primary N) is 1. The van der Waals surface area contributed by atoms with E-state index in [2.05, 4.69) is 25.6 Å². The Bertz CT molecular complexity index is 693. The minimum Gasteiger partial charge on any atom is -0.480 e. The fourth-order valence-electron chi connectivity index (χ4n) is 1.62. The van der Waals surface area contributed by atoms with Crippen LogP contribution in [0.2, 0.25) is 0 Å². The maximum atomic E-state index is 13.5. The largest absolute Gasteiger partial charge is 0.480 e. The van der Waals surface area contributed by atoms with Crippen molar-refractivity contribution in [2.75, 3.05) is 23.0 Å². The number of fused-ring (bicyclic) bond motifs is 1. The van der Waals surface area contributed by atoms with Gasteiger partial charge in [-0.25, -0.2) is 14.4 Å². The number of ether oxygens (including phenoxy) is 1. The molecule has 0 radical (unpaired) electrons. The van der Waals surface area contributed by atoms with Crippen LogP contribution < -0.4 is 21.1 Å². The predicted octanol–water partition coefficient (Wildman–Crippen LogP) is 0.667. The maximum absolute atomic E-state index is 13.5. The molecule has 0 spiro atoms. The van der Waals surface area contributed by atoms with Gasteiger partial charge in [0.05, 0.1) is 6.20 Å². The number of carbonyl (C=O) groups excluding carboxylic acids is 1. The first-order valence-electron chi connectivity index (χ1n) is 5.60. The van der Waals surface area contributed by atoms with Crippen molar-refractivity contribution in [3.8, 4) is 5.75 Å². The van der Waals surface area contributed by atoms with Gasteiger partial charge < -0.3 is 21.1 Å². The van der Waals surface area contributed by atoms with Crippen LogP contribution in [0.1, 0.15) is 0 Å². The molecule has 1 amide bonds. The highest BCUT2D eigenvalue weighted by Crippen LogP contribution is 2.28. The summed E-state index contributed by atoms with van der Waals surface area (Å²) < 4.78 is 18.7. The second-order valence-electron chi connectivity index (χ2n) is 3.93. The molecule has 0 atom stereocenters. The van der Waals surface area contributed by atoms with E-state index in [0.29, 0.717) is 5.75 Å². The molecule has 2 aromatic rings. The normalized spacial score (nSPS) is 13.2. The number of hydrogen-bond acceptors (Lipinski definition) is 7. The summed E-state index contributed by atoms with van der Waals surface area (Å²) in [5.41, 5.74) is 5.38. The summed E-state index contributed by atoms with van der Waals surface area (Å²) in [5.74, 6) is -0.159. The van der Waals surface area contributed by atoms with Crippen LogP contribution in [0.5, 0.6) is 5.75 Å². The number of rotatable bonds is 2. The van der Waals surface area contributed by atoms with E-state index in [4.69, 9.17) is 10.5 Å². The number of carbonyl (C=O) groups is 1. The minimum atomic E-state index is -0.668. The first-order valence-corrected chi connectivity index (χ1v) is 5.60. The highest BCUT2D eigenvalue weighted by atomic mass is 19.1. The summed E-state index contributed by atoms with van der Waals surface area (Å²) in [4.78, 5) is 22.5. The average Bonchev–Trinajstić information content (AvgIpc) is 2.42. The van der Waals surface area contributed by atoms with Crippen molar-refractivity contribution < 1.29 is 13.9 Å². The number of pyridine rings is 1. The minimum absolute atomic E-state index is 0.0570. The summed E-state index contributed by atoms with van der Waals surface area (Å²) in [5, 5.41) is 5.20. The number of amides is 1. The lowest BCUT2D eigenvalue weighted by Crippen LogP contribution is -2.26. The lowest BCUT2D eigenvalue weighted by molar-refractivity contribution is -0.118. The smallest absolute Gasteiger partial charge is 0.263 e. The molecule has 1 aliphatic heterocycles. The SMILES string of the molecule is Nc1ncc(F)c(Nc2ccc3c(n2)NC(=O)CO3)n1. The van der Waals surface area contributed by atoms with Crippen LogP contribution in [0.4, 0.5) is 27.8 Å². The quantitative estimate of drug-likeness (QED) is 0.738. The first kappa shape index (κ1) is 12.1. The van der Waals surface area contributed by atoms with Crippen LogP contribution in [0, 0.1) is 5.82 Å².